The van der Waals surface area contributed by atoms with Crippen LogP contribution >= 0.6 is 0 Å². The van der Waals surface area contributed by atoms with Gasteiger partial charge < -0.3 is 10.1 Å². The lowest BCUT2D eigenvalue weighted by Gasteiger charge is -2.56. The van der Waals surface area contributed by atoms with E-state index in [4.69, 9.17) is 4.74 Å². The van der Waals surface area contributed by atoms with Crippen molar-refractivity contribution in [3.8, 4) is 0 Å². The van der Waals surface area contributed by atoms with Gasteiger partial charge in [0.15, 0.2) is 6.61 Å². The van der Waals surface area contributed by atoms with E-state index < -0.39 is 29.4 Å². The van der Waals surface area contributed by atoms with Gasteiger partial charge in [0.05, 0.1) is 10.5 Å². The average Bonchev–Trinajstić information content (AvgIpc) is 2.64. The van der Waals surface area contributed by atoms with Crippen molar-refractivity contribution in [3.05, 3.63) is 39.4 Å². The fourth-order valence-corrected chi connectivity index (χ4v) is 5.90. The Morgan fingerprint density at radius 2 is 1.73 bits per heavy atom. The minimum absolute atomic E-state index is 0.101. The number of nitro groups is 1. The first-order chi connectivity index (χ1) is 14.2. The highest BCUT2D eigenvalue weighted by molar-refractivity contribution is 5.97. The summed E-state index contributed by atoms with van der Waals surface area (Å²) in [5.74, 6) is 0.490. The zero-order valence-corrected chi connectivity index (χ0v) is 16.8. The van der Waals surface area contributed by atoms with Crippen LogP contribution in [0.4, 0.5) is 10.5 Å². The van der Waals surface area contributed by atoms with Gasteiger partial charge in [-0.3, -0.25) is 20.2 Å². The van der Waals surface area contributed by atoms with Gasteiger partial charge in [-0.05, 0) is 75.3 Å². The van der Waals surface area contributed by atoms with Gasteiger partial charge in [-0.15, -0.1) is 0 Å². The summed E-state index contributed by atoms with van der Waals surface area (Å²) in [6.45, 7) is 0.902. The number of ether oxygens (including phenoxy) is 1. The SMILES string of the molecule is Cc1cc(C(=O)OCC(=O)NC(=O)NC23CC4CC(CC(C4)C2)C3)ccc1[N+](=O)[O-]. The van der Waals surface area contributed by atoms with Crippen LogP contribution in [-0.2, 0) is 9.53 Å². The number of nitrogens with zero attached hydrogens (tertiary/aromatic N) is 1. The number of hydrogen-bond donors (Lipinski definition) is 2. The van der Waals surface area contributed by atoms with E-state index in [1.165, 1.54) is 44.4 Å². The number of nitro benzene ring substituents is 1. The van der Waals surface area contributed by atoms with Gasteiger partial charge >= 0.3 is 12.0 Å². The van der Waals surface area contributed by atoms with E-state index in [2.05, 4.69) is 10.6 Å². The van der Waals surface area contributed by atoms with Crippen LogP contribution in [-0.4, -0.2) is 35.0 Å². The number of esters is 1. The first kappa shape index (κ1) is 20.3. The van der Waals surface area contributed by atoms with Gasteiger partial charge in [0, 0.05) is 17.2 Å². The molecule has 5 rings (SSSR count). The number of benzene rings is 1. The molecule has 0 aromatic heterocycles. The van der Waals surface area contributed by atoms with Crippen LogP contribution in [0.15, 0.2) is 18.2 Å². The second kappa shape index (κ2) is 7.70. The van der Waals surface area contributed by atoms with Gasteiger partial charge in [0.2, 0.25) is 0 Å². The molecule has 30 heavy (non-hydrogen) atoms. The highest BCUT2D eigenvalue weighted by atomic mass is 16.6. The number of carbonyl (C=O) groups excluding carboxylic acids is 3. The van der Waals surface area contributed by atoms with E-state index in [9.17, 15) is 24.5 Å². The average molecular weight is 415 g/mol. The molecule has 0 atom stereocenters. The molecule has 4 aliphatic rings. The lowest BCUT2D eigenvalue weighted by atomic mass is 9.53. The van der Waals surface area contributed by atoms with Crippen LogP contribution in [0.3, 0.4) is 0 Å². The maximum atomic E-state index is 12.4. The molecular formula is C21H25N3O6. The van der Waals surface area contributed by atoms with E-state index >= 15 is 0 Å². The maximum Gasteiger partial charge on any atom is 0.338 e. The molecule has 0 saturated heterocycles. The highest BCUT2D eigenvalue weighted by Crippen LogP contribution is 2.55. The summed E-state index contributed by atoms with van der Waals surface area (Å²) < 4.78 is 4.94. The van der Waals surface area contributed by atoms with Gasteiger partial charge in [0.1, 0.15) is 0 Å². The maximum absolute atomic E-state index is 12.4. The summed E-state index contributed by atoms with van der Waals surface area (Å²) in [4.78, 5) is 46.8. The van der Waals surface area contributed by atoms with Crippen molar-refractivity contribution in [2.75, 3.05) is 6.61 Å². The molecule has 9 heteroatoms. The minimum atomic E-state index is -0.787. The molecule has 160 valence electrons. The number of carbonyl (C=O) groups is 3. The summed E-state index contributed by atoms with van der Waals surface area (Å²) >= 11 is 0. The number of aryl methyl sites for hydroxylation is 1. The Kier molecular flexibility index (Phi) is 5.21. The van der Waals surface area contributed by atoms with E-state index in [0.29, 0.717) is 23.3 Å². The van der Waals surface area contributed by atoms with Crippen LogP contribution < -0.4 is 10.6 Å². The predicted molar refractivity (Wildman–Crippen MR) is 106 cm³/mol. The standard InChI is InChI=1S/C21H25N3O6/c1-12-4-16(2-3-17(12)24(28)29)19(26)30-11-18(25)22-20(27)23-21-8-13-5-14(9-21)7-15(6-13)10-21/h2-4,13-15H,5-11H2,1H3,(H2,22,23,25,27). The fraction of sp³-hybridized carbons (Fsp3) is 0.571. The highest BCUT2D eigenvalue weighted by Gasteiger charge is 2.51. The Labute approximate surface area is 173 Å². The number of urea groups is 1. The second-order valence-corrected chi connectivity index (χ2v) is 9.03. The third kappa shape index (κ3) is 4.15. The molecule has 4 fully saturated rings. The molecule has 0 spiro atoms. The van der Waals surface area contributed by atoms with Crippen molar-refractivity contribution in [1.82, 2.24) is 10.6 Å². The monoisotopic (exact) mass is 415 g/mol. The van der Waals surface area contributed by atoms with Crippen LogP contribution in [0.5, 0.6) is 0 Å². The summed E-state index contributed by atoms with van der Waals surface area (Å²) in [6, 6.07) is 3.26. The van der Waals surface area contributed by atoms with Crippen LogP contribution in [0.2, 0.25) is 0 Å². The Hall–Kier alpha value is -2.97. The molecule has 0 unspecified atom stereocenters. The largest absolute Gasteiger partial charge is 0.452 e. The van der Waals surface area contributed by atoms with Crippen molar-refractivity contribution in [2.24, 2.45) is 17.8 Å². The van der Waals surface area contributed by atoms with Crippen molar-refractivity contribution < 1.29 is 24.0 Å². The molecule has 2 N–H and O–H groups in total. The third-order valence-corrected chi connectivity index (χ3v) is 6.63. The number of rotatable bonds is 5. The van der Waals surface area contributed by atoms with Gasteiger partial charge in [-0.1, -0.05) is 0 Å². The third-order valence-electron chi connectivity index (χ3n) is 6.63. The van der Waals surface area contributed by atoms with E-state index in [-0.39, 0.29) is 16.8 Å². The molecule has 4 saturated carbocycles. The number of imide groups is 1. The second-order valence-electron chi connectivity index (χ2n) is 9.03. The molecule has 3 amide bonds. The summed E-state index contributed by atoms with van der Waals surface area (Å²) in [5, 5.41) is 16.1. The molecule has 0 aliphatic heterocycles. The molecule has 0 heterocycles. The van der Waals surface area contributed by atoms with Gasteiger partial charge in [0.25, 0.3) is 11.6 Å². The molecule has 1 aromatic carbocycles. The minimum Gasteiger partial charge on any atom is -0.452 e. The normalized spacial score (nSPS) is 28.6. The topological polar surface area (TPSA) is 128 Å². The van der Waals surface area contributed by atoms with Crippen LogP contribution in [0.1, 0.15) is 54.4 Å². The van der Waals surface area contributed by atoms with E-state index in [1.54, 1.807) is 0 Å². The van der Waals surface area contributed by atoms with Crippen LogP contribution in [0, 0.1) is 34.8 Å². The summed E-state index contributed by atoms with van der Waals surface area (Å²) in [5.41, 5.74) is 0.0925. The molecule has 4 aliphatic carbocycles. The molecule has 0 radical (unpaired) electrons. The lowest BCUT2D eigenvalue weighted by Crippen LogP contribution is -2.62. The smallest absolute Gasteiger partial charge is 0.338 e. The molecule has 9 nitrogen and oxygen atoms in total. The molecule has 4 bridgehead atoms. The number of nitrogens with one attached hydrogen (secondary N) is 2. The molecular weight excluding hydrogens is 390 g/mol. The molecule has 1 aromatic rings. The Bertz CT molecular complexity index is 877. The number of hydrogen-bond acceptors (Lipinski definition) is 6. The van der Waals surface area contributed by atoms with Crippen molar-refractivity contribution >= 4 is 23.6 Å². The van der Waals surface area contributed by atoms with E-state index in [1.807, 2.05) is 0 Å². The quantitative estimate of drug-likeness (QED) is 0.432. The Morgan fingerprint density at radius 3 is 2.27 bits per heavy atom. The number of amides is 3. The lowest BCUT2D eigenvalue weighted by molar-refractivity contribution is -0.385. The fourth-order valence-electron chi connectivity index (χ4n) is 5.90. The van der Waals surface area contributed by atoms with E-state index in [0.717, 1.165) is 19.3 Å². The van der Waals surface area contributed by atoms with Crippen LogP contribution in [0.25, 0.3) is 0 Å². The summed E-state index contributed by atoms with van der Waals surface area (Å²) in [6.07, 6.45) is 6.65. The van der Waals surface area contributed by atoms with Crippen molar-refractivity contribution in [2.45, 2.75) is 51.0 Å². The zero-order chi connectivity index (χ0) is 21.5. The van der Waals surface area contributed by atoms with Crippen molar-refractivity contribution in [1.29, 1.82) is 0 Å². The van der Waals surface area contributed by atoms with Gasteiger partial charge in [-0.2, -0.15) is 0 Å². The first-order valence-electron chi connectivity index (χ1n) is 10.3. The zero-order valence-electron chi connectivity index (χ0n) is 16.8. The summed E-state index contributed by atoms with van der Waals surface area (Å²) in [7, 11) is 0. The van der Waals surface area contributed by atoms with Crippen molar-refractivity contribution in [3.63, 3.8) is 0 Å². The predicted octanol–water partition coefficient (Wildman–Crippen LogP) is 2.85. The Balaban J connectivity index is 1.27. The first-order valence-corrected chi connectivity index (χ1v) is 10.3. The van der Waals surface area contributed by atoms with Gasteiger partial charge in [-0.25, -0.2) is 9.59 Å². The Morgan fingerprint density at radius 1 is 1.13 bits per heavy atom.